The summed E-state index contributed by atoms with van der Waals surface area (Å²) in [4.78, 5) is 2.48. The van der Waals surface area contributed by atoms with E-state index in [1.54, 1.807) is 0 Å². The second kappa shape index (κ2) is 5.87. The fourth-order valence-corrected chi connectivity index (χ4v) is 3.39. The minimum absolute atomic E-state index is 0.568. The normalized spacial score (nSPS) is 24.9. The van der Waals surface area contributed by atoms with Gasteiger partial charge in [0, 0.05) is 12.6 Å². The molecule has 1 aliphatic rings. The Balaban J connectivity index is 2.29. The number of likely N-dealkylation sites (tertiary alicyclic amines) is 1. The largest absolute Gasteiger partial charge is 0.385 e. The summed E-state index contributed by atoms with van der Waals surface area (Å²) in [7, 11) is 0. The van der Waals surface area contributed by atoms with Gasteiger partial charge in [-0.3, -0.25) is 0 Å². The molecular weight excluding hydrogens is 246 g/mol. The van der Waals surface area contributed by atoms with Gasteiger partial charge < -0.3 is 10.0 Å². The molecule has 0 aliphatic carbocycles. The van der Waals surface area contributed by atoms with Crippen LogP contribution in [0.5, 0.6) is 0 Å². The molecule has 0 spiro atoms. The maximum atomic E-state index is 11.2. The minimum atomic E-state index is -0.647. The third-order valence-electron chi connectivity index (χ3n) is 4.92. The van der Waals surface area contributed by atoms with Crippen molar-refractivity contribution in [3.05, 3.63) is 34.4 Å². The molecule has 0 aromatic heterocycles. The van der Waals surface area contributed by atoms with Crippen molar-refractivity contribution >= 4 is 0 Å². The second-order valence-electron chi connectivity index (χ2n) is 6.77. The van der Waals surface area contributed by atoms with Gasteiger partial charge in [-0.05, 0) is 82.7 Å². The SMILES string of the molecule is Cc1cc(C)c(C2(O)CCCN(C(C)C)CC2)cc1C. The average Bonchev–Trinajstić information content (AvgIpc) is 2.57. The summed E-state index contributed by atoms with van der Waals surface area (Å²) in [5.74, 6) is 0. The predicted octanol–water partition coefficient (Wildman–Crippen LogP) is 3.69. The maximum absolute atomic E-state index is 11.2. The van der Waals surface area contributed by atoms with Gasteiger partial charge >= 0.3 is 0 Å². The second-order valence-corrected chi connectivity index (χ2v) is 6.77. The molecule has 1 unspecified atom stereocenters. The quantitative estimate of drug-likeness (QED) is 0.889. The molecular formula is C18H29NO. The standard InChI is InChI=1S/C18H29NO/c1-13(2)19-9-6-7-18(20,8-10-19)17-12-15(4)14(3)11-16(17)5/h11-13,20H,6-10H2,1-5H3. The van der Waals surface area contributed by atoms with Crippen LogP contribution < -0.4 is 0 Å². The van der Waals surface area contributed by atoms with Crippen LogP contribution in [0.2, 0.25) is 0 Å². The molecule has 1 N–H and O–H groups in total. The van der Waals surface area contributed by atoms with Crippen LogP contribution in [-0.4, -0.2) is 29.1 Å². The van der Waals surface area contributed by atoms with E-state index in [1.165, 1.54) is 16.7 Å². The third-order valence-corrected chi connectivity index (χ3v) is 4.92. The number of hydrogen-bond acceptors (Lipinski definition) is 2. The van der Waals surface area contributed by atoms with Gasteiger partial charge in [0.05, 0.1) is 5.60 Å². The number of nitrogens with zero attached hydrogens (tertiary/aromatic N) is 1. The lowest BCUT2D eigenvalue weighted by molar-refractivity contribution is 0.0197. The highest BCUT2D eigenvalue weighted by atomic mass is 16.3. The van der Waals surface area contributed by atoms with Crippen molar-refractivity contribution in [1.82, 2.24) is 4.90 Å². The lowest BCUT2D eigenvalue weighted by Gasteiger charge is -2.30. The van der Waals surface area contributed by atoms with E-state index < -0.39 is 5.60 Å². The van der Waals surface area contributed by atoms with Crippen LogP contribution in [0.15, 0.2) is 12.1 Å². The summed E-state index contributed by atoms with van der Waals surface area (Å²) >= 11 is 0. The van der Waals surface area contributed by atoms with Crippen molar-refractivity contribution in [2.24, 2.45) is 0 Å². The van der Waals surface area contributed by atoms with Crippen molar-refractivity contribution in [1.29, 1.82) is 0 Å². The molecule has 1 aromatic carbocycles. The molecule has 112 valence electrons. The highest BCUT2D eigenvalue weighted by Gasteiger charge is 2.33. The molecule has 20 heavy (non-hydrogen) atoms. The number of aliphatic hydroxyl groups is 1. The highest BCUT2D eigenvalue weighted by Crippen LogP contribution is 2.36. The summed E-state index contributed by atoms with van der Waals surface area (Å²) < 4.78 is 0. The van der Waals surface area contributed by atoms with Crippen molar-refractivity contribution in [3.8, 4) is 0 Å². The summed E-state index contributed by atoms with van der Waals surface area (Å²) in [5, 5.41) is 11.2. The zero-order chi connectivity index (χ0) is 14.9. The van der Waals surface area contributed by atoms with Crippen molar-refractivity contribution in [2.75, 3.05) is 13.1 Å². The molecule has 0 radical (unpaired) electrons. The van der Waals surface area contributed by atoms with E-state index in [0.717, 1.165) is 37.9 Å². The molecule has 0 amide bonds. The van der Waals surface area contributed by atoms with E-state index in [-0.39, 0.29) is 0 Å². The first kappa shape index (κ1) is 15.5. The van der Waals surface area contributed by atoms with Gasteiger partial charge in [0.2, 0.25) is 0 Å². The van der Waals surface area contributed by atoms with Crippen LogP contribution in [0, 0.1) is 20.8 Å². The molecule has 1 fully saturated rings. The minimum Gasteiger partial charge on any atom is -0.385 e. The molecule has 2 rings (SSSR count). The van der Waals surface area contributed by atoms with Gasteiger partial charge in [0.25, 0.3) is 0 Å². The first-order valence-electron chi connectivity index (χ1n) is 7.88. The van der Waals surface area contributed by atoms with E-state index in [1.807, 2.05) is 0 Å². The first-order valence-corrected chi connectivity index (χ1v) is 7.88. The Labute approximate surface area is 123 Å². The van der Waals surface area contributed by atoms with Gasteiger partial charge in [-0.15, -0.1) is 0 Å². The summed E-state index contributed by atoms with van der Waals surface area (Å²) in [6.45, 7) is 13.0. The number of hydrogen-bond donors (Lipinski definition) is 1. The van der Waals surface area contributed by atoms with E-state index in [2.05, 4.69) is 51.7 Å². The molecule has 0 bridgehead atoms. The molecule has 2 heteroatoms. The summed E-state index contributed by atoms with van der Waals surface area (Å²) in [6.07, 6.45) is 2.79. The summed E-state index contributed by atoms with van der Waals surface area (Å²) in [5.41, 5.74) is 4.32. The Kier molecular flexibility index (Phi) is 4.55. The van der Waals surface area contributed by atoms with E-state index in [4.69, 9.17) is 0 Å². The predicted molar refractivity (Wildman–Crippen MR) is 85.1 cm³/mol. The van der Waals surface area contributed by atoms with Crippen molar-refractivity contribution in [3.63, 3.8) is 0 Å². The molecule has 1 aliphatic heterocycles. The van der Waals surface area contributed by atoms with Crippen molar-refractivity contribution < 1.29 is 5.11 Å². The molecule has 1 aromatic rings. The summed E-state index contributed by atoms with van der Waals surface area (Å²) in [6, 6.07) is 4.99. The van der Waals surface area contributed by atoms with Gasteiger partial charge in [-0.1, -0.05) is 12.1 Å². The maximum Gasteiger partial charge on any atom is 0.0911 e. The van der Waals surface area contributed by atoms with Gasteiger partial charge in [0.15, 0.2) is 0 Å². The van der Waals surface area contributed by atoms with E-state index in [9.17, 15) is 5.11 Å². The average molecular weight is 275 g/mol. The third kappa shape index (κ3) is 3.07. The number of aryl methyl sites for hydroxylation is 3. The monoisotopic (exact) mass is 275 g/mol. The Bertz CT molecular complexity index is 481. The number of benzene rings is 1. The Morgan fingerprint density at radius 3 is 2.30 bits per heavy atom. The van der Waals surface area contributed by atoms with Gasteiger partial charge in [0.1, 0.15) is 0 Å². The molecule has 2 nitrogen and oxygen atoms in total. The smallest absolute Gasteiger partial charge is 0.0911 e. The Morgan fingerprint density at radius 2 is 1.65 bits per heavy atom. The van der Waals surface area contributed by atoms with Crippen LogP contribution in [0.4, 0.5) is 0 Å². The van der Waals surface area contributed by atoms with Crippen LogP contribution in [0.1, 0.15) is 55.4 Å². The Morgan fingerprint density at radius 1 is 1.00 bits per heavy atom. The fraction of sp³-hybridized carbons (Fsp3) is 0.667. The molecule has 1 saturated heterocycles. The Hall–Kier alpha value is -0.860. The molecule has 1 heterocycles. The highest BCUT2D eigenvalue weighted by molar-refractivity contribution is 5.39. The van der Waals surface area contributed by atoms with E-state index >= 15 is 0 Å². The van der Waals surface area contributed by atoms with Crippen LogP contribution in [0.25, 0.3) is 0 Å². The molecule has 0 saturated carbocycles. The molecule has 1 atom stereocenters. The topological polar surface area (TPSA) is 23.5 Å². The fourth-order valence-electron chi connectivity index (χ4n) is 3.39. The van der Waals surface area contributed by atoms with Gasteiger partial charge in [-0.25, -0.2) is 0 Å². The zero-order valence-corrected chi connectivity index (χ0v) is 13.7. The first-order chi connectivity index (χ1) is 9.33. The lowest BCUT2D eigenvalue weighted by atomic mass is 9.82. The van der Waals surface area contributed by atoms with E-state index in [0.29, 0.717) is 6.04 Å². The van der Waals surface area contributed by atoms with Crippen molar-refractivity contribution in [2.45, 2.75) is 65.5 Å². The number of rotatable bonds is 2. The lowest BCUT2D eigenvalue weighted by Crippen LogP contribution is -2.33. The van der Waals surface area contributed by atoms with Crippen LogP contribution in [-0.2, 0) is 5.60 Å². The zero-order valence-electron chi connectivity index (χ0n) is 13.7. The van der Waals surface area contributed by atoms with Crippen LogP contribution in [0.3, 0.4) is 0 Å². The van der Waals surface area contributed by atoms with Crippen LogP contribution >= 0.6 is 0 Å². The van der Waals surface area contributed by atoms with Gasteiger partial charge in [-0.2, -0.15) is 0 Å².